The van der Waals surface area contributed by atoms with E-state index in [1.807, 2.05) is 0 Å². The van der Waals surface area contributed by atoms with Gasteiger partial charge in [-0.15, -0.1) is 0 Å². The van der Waals surface area contributed by atoms with Crippen LogP contribution in [0.5, 0.6) is 0 Å². The Hall–Kier alpha value is -3.29. The van der Waals surface area contributed by atoms with E-state index in [0.29, 0.717) is 11.5 Å². The van der Waals surface area contributed by atoms with E-state index in [1.165, 1.54) is 25.3 Å². The van der Waals surface area contributed by atoms with E-state index in [-0.39, 0.29) is 5.69 Å². The van der Waals surface area contributed by atoms with Crippen LogP contribution in [0.3, 0.4) is 0 Å². The van der Waals surface area contributed by atoms with Crippen LogP contribution in [0, 0.1) is 11.6 Å². The lowest BCUT2D eigenvalue weighted by atomic mass is 10.2. The van der Waals surface area contributed by atoms with E-state index in [4.69, 9.17) is 4.42 Å². The third-order valence-electron chi connectivity index (χ3n) is 3.53. The molecule has 25 heavy (non-hydrogen) atoms. The first kappa shape index (κ1) is 16.6. The van der Waals surface area contributed by atoms with Crippen LogP contribution < -0.4 is 10.9 Å². The SMILES string of the molecule is CC(C(=O)Nc1cc(F)ccc1F)n1nc(-c2ccco2)ccc1=O. The minimum absolute atomic E-state index is 0.313. The van der Waals surface area contributed by atoms with Crippen LogP contribution in [0.1, 0.15) is 13.0 Å². The first-order chi connectivity index (χ1) is 12.0. The highest BCUT2D eigenvalue weighted by Gasteiger charge is 2.20. The molecular weight excluding hydrogens is 332 g/mol. The van der Waals surface area contributed by atoms with Gasteiger partial charge in [-0.1, -0.05) is 0 Å². The molecule has 0 bridgehead atoms. The second-order valence-electron chi connectivity index (χ2n) is 5.27. The van der Waals surface area contributed by atoms with Crippen molar-refractivity contribution in [3.8, 4) is 11.5 Å². The molecule has 0 fully saturated rings. The smallest absolute Gasteiger partial charge is 0.267 e. The van der Waals surface area contributed by atoms with Gasteiger partial charge in [-0.05, 0) is 37.3 Å². The van der Waals surface area contributed by atoms with Crippen molar-refractivity contribution in [3.63, 3.8) is 0 Å². The van der Waals surface area contributed by atoms with Crippen molar-refractivity contribution in [3.05, 3.63) is 70.7 Å². The molecule has 0 spiro atoms. The highest BCUT2D eigenvalue weighted by Crippen LogP contribution is 2.18. The Bertz CT molecular complexity index is 968. The molecule has 1 aromatic carbocycles. The van der Waals surface area contributed by atoms with Gasteiger partial charge in [0.1, 0.15) is 23.4 Å². The van der Waals surface area contributed by atoms with Crippen LogP contribution in [0.2, 0.25) is 0 Å². The predicted molar refractivity (Wildman–Crippen MR) is 85.9 cm³/mol. The lowest BCUT2D eigenvalue weighted by Crippen LogP contribution is -2.33. The molecule has 0 saturated carbocycles. The molecule has 3 rings (SSSR count). The van der Waals surface area contributed by atoms with Crippen LogP contribution >= 0.6 is 0 Å². The number of furan rings is 1. The van der Waals surface area contributed by atoms with Gasteiger partial charge in [0.05, 0.1) is 12.0 Å². The van der Waals surface area contributed by atoms with E-state index >= 15 is 0 Å². The van der Waals surface area contributed by atoms with E-state index in [0.717, 1.165) is 22.9 Å². The number of hydrogen-bond acceptors (Lipinski definition) is 4. The van der Waals surface area contributed by atoms with E-state index in [9.17, 15) is 18.4 Å². The van der Waals surface area contributed by atoms with Gasteiger partial charge in [0.25, 0.3) is 5.56 Å². The topological polar surface area (TPSA) is 77.1 Å². The number of amides is 1. The third-order valence-corrected chi connectivity index (χ3v) is 3.53. The zero-order valence-corrected chi connectivity index (χ0v) is 13.1. The first-order valence-corrected chi connectivity index (χ1v) is 7.35. The normalized spacial score (nSPS) is 12.0. The summed E-state index contributed by atoms with van der Waals surface area (Å²) in [5.41, 5.74) is -0.467. The van der Waals surface area contributed by atoms with Gasteiger partial charge in [-0.25, -0.2) is 13.5 Å². The summed E-state index contributed by atoms with van der Waals surface area (Å²) in [6, 6.07) is 7.68. The van der Waals surface area contributed by atoms with Crippen molar-refractivity contribution in [1.29, 1.82) is 0 Å². The number of rotatable bonds is 4. The number of hydrogen-bond donors (Lipinski definition) is 1. The number of aromatic nitrogens is 2. The van der Waals surface area contributed by atoms with Gasteiger partial charge in [0.15, 0.2) is 5.76 Å². The third kappa shape index (κ3) is 3.47. The average molecular weight is 345 g/mol. The number of anilines is 1. The monoisotopic (exact) mass is 345 g/mol. The molecule has 1 unspecified atom stereocenters. The van der Waals surface area contributed by atoms with Crippen molar-refractivity contribution in [2.24, 2.45) is 0 Å². The molecule has 0 saturated heterocycles. The summed E-state index contributed by atoms with van der Waals surface area (Å²) < 4.78 is 33.0. The molecule has 1 amide bonds. The summed E-state index contributed by atoms with van der Waals surface area (Å²) in [6.45, 7) is 1.42. The van der Waals surface area contributed by atoms with Crippen LogP contribution in [0.25, 0.3) is 11.5 Å². The van der Waals surface area contributed by atoms with Crippen LogP contribution in [0.4, 0.5) is 14.5 Å². The lowest BCUT2D eigenvalue weighted by molar-refractivity contribution is -0.119. The minimum atomic E-state index is -1.05. The van der Waals surface area contributed by atoms with Gasteiger partial charge in [0, 0.05) is 12.1 Å². The summed E-state index contributed by atoms with van der Waals surface area (Å²) in [5.74, 6) is -1.76. The lowest BCUT2D eigenvalue weighted by Gasteiger charge is -2.15. The fraction of sp³-hybridized carbons (Fsp3) is 0.118. The molecule has 2 aromatic heterocycles. The van der Waals surface area contributed by atoms with Crippen molar-refractivity contribution < 1.29 is 18.0 Å². The summed E-state index contributed by atoms with van der Waals surface area (Å²) in [7, 11) is 0. The average Bonchev–Trinajstić information content (AvgIpc) is 3.12. The highest BCUT2D eigenvalue weighted by atomic mass is 19.1. The Kier molecular flexibility index (Phi) is 4.42. The van der Waals surface area contributed by atoms with Gasteiger partial charge < -0.3 is 9.73 Å². The van der Waals surface area contributed by atoms with E-state index in [1.54, 1.807) is 12.1 Å². The molecule has 128 valence electrons. The molecule has 0 radical (unpaired) electrons. The molecule has 0 aliphatic heterocycles. The Morgan fingerprint density at radius 1 is 1.24 bits per heavy atom. The van der Waals surface area contributed by atoms with Gasteiger partial charge in [-0.3, -0.25) is 9.59 Å². The van der Waals surface area contributed by atoms with Gasteiger partial charge >= 0.3 is 0 Å². The zero-order valence-electron chi connectivity index (χ0n) is 13.1. The predicted octanol–water partition coefficient (Wildman–Crippen LogP) is 2.98. The first-order valence-electron chi connectivity index (χ1n) is 7.35. The molecule has 1 atom stereocenters. The number of carbonyl (C=O) groups excluding carboxylic acids is 1. The molecule has 0 aliphatic carbocycles. The summed E-state index contributed by atoms with van der Waals surface area (Å²) in [5, 5.41) is 6.35. The van der Waals surface area contributed by atoms with Crippen LogP contribution in [-0.2, 0) is 4.79 Å². The van der Waals surface area contributed by atoms with Crippen LogP contribution in [0.15, 0.2) is 57.9 Å². The fourth-order valence-corrected chi connectivity index (χ4v) is 2.20. The van der Waals surface area contributed by atoms with Crippen LogP contribution in [-0.4, -0.2) is 15.7 Å². The summed E-state index contributed by atoms with van der Waals surface area (Å²) >= 11 is 0. The second kappa shape index (κ2) is 6.68. The molecule has 8 heteroatoms. The second-order valence-corrected chi connectivity index (χ2v) is 5.27. The number of benzene rings is 1. The number of carbonyl (C=O) groups is 1. The Morgan fingerprint density at radius 2 is 2.04 bits per heavy atom. The molecule has 6 nitrogen and oxygen atoms in total. The summed E-state index contributed by atoms with van der Waals surface area (Å²) in [4.78, 5) is 24.3. The van der Waals surface area contributed by atoms with Gasteiger partial charge in [-0.2, -0.15) is 5.10 Å². The zero-order chi connectivity index (χ0) is 18.0. The number of nitrogens with zero attached hydrogens (tertiary/aromatic N) is 2. The van der Waals surface area contributed by atoms with Crippen molar-refractivity contribution >= 4 is 11.6 Å². The maximum Gasteiger partial charge on any atom is 0.267 e. The molecule has 3 aromatic rings. The van der Waals surface area contributed by atoms with E-state index < -0.39 is 29.1 Å². The van der Waals surface area contributed by atoms with Crippen molar-refractivity contribution in [2.45, 2.75) is 13.0 Å². The largest absolute Gasteiger partial charge is 0.463 e. The molecule has 2 heterocycles. The molecule has 1 N–H and O–H groups in total. The minimum Gasteiger partial charge on any atom is -0.463 e. The number of nitrogens with one attached hydrogen (secondary N) is 1. The highest BCUT2D eigenvalue weighted by molar-refractivity contribution is 5.93. The maximum absolute atomic E-state index is 13.6. The van der Waals surface area contributed by atoms with Crippen molar-refractivity contribution in [1.82, 2.24) is 9.78 Å². The summed E-state index contributed by atoms with van der Waals surface area (Å²) in [6.07, 6.45) is 1.45. The fourth-order valence-electron chi connectivity index (χ4n) is 2.20. The molecule has 0 aliphatic rings. The van der Waals surface area contributed by atoms with Crippen molar-refractivity contribution in [2.75, 3.05) is 5.32 Å². The molecular formula is C17H13F2N3O3. The Labute approximate surface area is 140 Å². The number of halogens is 2. The standard InChI is InChI=1S/C17H13F2N3O3/c1-10(17(24)20-14-9-11(18)4-5-12(14)19)22-16(23)7-6-13(21-22)15-3-2-8-25-15/h2-10H,1H3,(H,20,24). The Morgan fingerprint density at radius 3 is 2.76 bits per heavy atom. The quantitative estimate of drug-likeness (QED) is 0.789. The Balaban J connectivity index is 1.88. The van der Waals surface area contributed by atoms with E-state index in [2.05, 4.69) is 10.4 Å². The maximum atomic E-state index is 13.6. The van der Waals surface area contributed by atoms with Gasteiger partial charge in [0.2, 0.25) is 5.91 Å².